The van der Waals surface area contributed by atoms with E-state index in [-0.39, 0.29) is 0 Å². The largest absolute Gasteiger partial charge is 0.0842 e. The van der Waals surface area contributed by atoms with Crippen molar-refractivity contribution in [3.8, 4) is 0 Å². The van der Waals surface area contributed by atoms with E-state index < -0.39 is 0 Å². The van der Waals surface area contributed by atoms with Crippen molar-refractivity contribution in [1.82, 2.24) is 0 Å². The maximum Gasteiger partial charge on any atom is -0.0124 e. The van der Waals surface area contributed by atoms with Crippen LogP contribution in [0.2, 0.25) is 0 Å². The fourth-order valence-electron chi connectivity index (χ4n) is 2.05. The Morgan fingerprint density at radius 2 is 2.42 bits per heavy atom. The summed E-state index contributed by atoms with van der Waals surface area (Å²) in [5.74, 6) is 0.838. The molecule has 2 aliphatic carbocycles. The second-order valence-electron chi connectivity index (χ2n) is 3.69. The van der Waals surface area contributed by atoms with Crippen molar-refractivity contribution in [2.24, 2.45) is 5.92 Å². The van der Waals surface area contributed by atoms with E-state index in [1.807, 2.05) is 0 Å². The van der Waals surface area contributed by atoms with Crippen LogP contribution in [0.5, 0.6) is 0 Å². The zero-order chi connectivity index (χ0) is 8.39. The summed E-state index contributed by atoms with van der Waals surface area (Å²) in [7, 11) is 0. The van der Waals surface area contributed by atoms with Crippen molar-refractivity contribution in [3.05, 3.63) is 35.5 Å². The van der Waals surface area contributed by atoms with E-state index in [4.69, 9.17) is 0 Å². The lowest BCUT2D eigenvalue weighted by Crippen LogP contribution is -2.08. The van der Waals surface area contributed by atoms with E-state index >= 15 is 0 Å². The molecule has 0 bridgehead atoms. The Kier molecular flexibility index (Phi) is 2.16. The number of hydrogen-bond donors (Lipinski definition) is 0. The van der Waals surface area contributed by atoms with Gasteiger partial charge in [-0.05, 0) is 37.2 Å². The zero-order valence-corrected chi connectivity index (χ0v) is 7.72. The minimum Gasteiger partial charge on any atom is -0.0842 e. The molecule has 0 aromatic rings. The number of rotatable bonds is 1. The molecule has 0 saturated heterocycles. The normalized spacial score (nSPS) is 27.6. The summed E-state index contributed by atoms with van der Waals surface area (Å²) in [5, 5.41) is 0. The van der Waals surface area contributed by atoms with E-state index in [1.54, 1.807) is 5.57 Å². The van der Waals surface area contributed by atoms with Gasteiger partial charge in [0.05, 0.1) is 0 Å². The van der Waals surface area contributed by atoms with E-state index in [2.05, 4.69) is 31.2 Å². The van der Waals surface area contributed by atoms with Crippen molar-refractivity contribution < 1.29 is 0 Å². The van der Waals surface area contributed by atoms with Crippen molar-refractivity contribution in [1.29, 1.82) is 0 Å². The summed E-state index contributed by atoms with van der Waals surface area (Å²) >= 11 is 0. The third kappa shape index (κ3) is 1.38. The van der Waals surface area contributed by atoms with Crippen LogP contribution in [-0.4, -0.2) is 0 Å². The highest BCUT2D eigenvalue weighted by atomic mass is 14.2. The molecule has 0 heterocycles. The quantitative estimate of drug-likeness (QED) is 0.549. The van der Waals surface area contributed by atoms with Crippen LogP contribution in [0.25, 0.3) is 0 Å². The van der Waals surface area contributed by atoms with E-state index in [1.165, 1.54) is 31.3 Å². The van der Waals surface area contributed by atoms with Gasteiger partial charge in [-0.15, -0.1) is 0 Å². The van der Waals surface area contributed by atoms with Gasteiger partial charge in [-0.3, -0.25) is 0 Å². The van der Waals surface area contributed by atoms with Gasteiger partial charge in [-0.25, -0.2) is 0 Å². The third-order valence-corrected chi connectivity index (χ3v) is 2.89. The van der Waals surface area contributed by atoms with Crippen LogP contribution >= 0.6 is 0 Å². The summed E-state index contributed by atoms with van der Waals surface area (Å²) < 4.78 is 0. The molecule has 12 heavy (non-hydrogen) atoms. The van der Waals surface area contributed by atoms with Gasteiger partial charge in [-0.1, -0.05) is 36.8 Å². The minimum absolute atomic E-state index is 0.838. The SMILES string of the molecule is CCC1=CCC2CCC=CC2=C1. The lowest BCUT2D eigenvalue weighted by molar-refractivity contribution is 0.561. The first-order chi connectivity index (χ1) is 5.90. The lowest BCUT2D eigenvalue weighted by atomic mass is 9.82. The molecule has 0 fully saturated rings. The van der Waals surface area contributed by atoms with Crippen LogP contribution in [0.15, 0.2) is 35.5 Å². The van der Waals surface area contributed by atoms with Gasteiger partial charge < -0.3 is 0 Å². The van der Waals surface area contributed by atoms with Gasteiger partial charge in [-0.2, -0.15) is 0 Å². The second kappa shape index (κ2) is 3.30. The predicted octanol–water partition coefficient (Wildman–Crippen LogP) is 3.62. The van der Waals surface area contributed by atoms with Crippen molar-refractivity contribution in [3.63, 3.8) is 0 Å². The zero-order valence-electron chi connectivity index (χ0n) is 7.72. The lowest BCUT2D eigenvalue weighted by Gasteiger charge is -2.24. The van der Waals surface area contributed by atoms with Crippen LogP contribution in [-0.2, 0) is 0 Å². The first-order valence-electron chi connectivity index (χ1n) is 4.97. The Bertz CT molecular complexity index is 253. The molecule has 1 unspecified atom stereocenters. The molecule has 0 nitrogen and oxygen atoms in total. The maximum atomic E-state index is 2.41. The Hall–Kier alpha value is -0.780. The van der Waals surface area contributed by atoms with Gasteiger partial charge in [0, 0.05) is 0 Å². The van der Waals surface area contributed by atoms with Crippen LogP contribution in [0, 0.1) is 5.92 Å². The Balaban J connectivity index is 2.22. The van der Waals surface area contributed by atoms with Crippen molar-refractivity contribution in [2.45, 2.75) is 32.6 Å². The van der Waals surface area contributed by atoms with Gasteiger partial charge in [0.1, 0.15) is 0 Å². The molecule has 64 valence electrons. The van der Waals surface area contributed by atoms with Crippen molar-refractivity contribution >= 4 is 0 Å². The Morgan fingerprint density at radius 3 is 3.25 bits per heavy atom. The van der Waals surface area contributed by atoms with Crippen LogP contribution < -0.4 is 0 Å². The van der Waals surface area contributed by atoms with E-state index in [9.17, 15) is 0 Å². The molecule has 0 saturated carbocycles. The number of fused-ring (bicyclic) bond motifs is 1. The molecule has 0 heteroatoms. The average molecular weight is 160 g/mol. The number of allylic oxidation sites excluding steroid dienone is 6. The summed E-state index contributed by atoms with van der Waals surface area (Å²) in [5.41, 5.74) is 3.09. The topological polar surface area (TPSA) is 0 Å². The summed E-state index contributed by atoms with van der Waals surface area (Å²) in [6, 6.07) is 0. The van der Waals surface area contributed by atoms with E-state index in [0.29, 0.717) is 0 Å². The van der Waals surface area contributed by atoms with Crippen LogP contribution in [0.3, 0.4) is 0 Å². The standard InChI is InChI=1S/C12H16/c1-2-10-7-8-11-5-3-4-6-12(11)9-10/h4,6-7,9,11H,2-3,5,8H2,1H3. The first-order valence-corrected chi connectivity index (χ1v) is 4.97. The molecule has 0 spiro atoms. The summed E-state index contributed by atoms with van der Waals surface area (Å²) in [6.45, 7) is 2.23. The van der Waals surface area contributed by atoms with E-state index in [0.717, 1.165) is 5.92 Å². The minimum atomic E-state index is 0.838. The molecule has 0 radical (unpaired) electrons. The molecule has 2 rings (SSSR count). The molecule has 0 aromatic carbocycles. The molecular weight excluding hydrogens is 144 g/mol. The third-order valence-electron chi connectivity index (χ3n) is 2.89. The second-order valence-corrected chi connectivity index (χ2v) is 3.69. The Morgan fingerprint density at radius 1 is 1.50 bits per heavy atom. The average Bonchev–Trinajstić information content (AvgIpc) is 2.17. The highest BCUT2D eigenvalue weighted by molar-refractivity contribution is 5.37. The molecule has 2 aliphatic rings. The molecule has 1 atom stereocenters. The van der Waals surface area contributed by atoms with Crippen LogP contribution in [0.4, 0.5) is 0 Å². The number of hydrogen-bond acceptors (Lipinski definition) is 0. The smallest absolute Gasteiger partial charge is 0.0124 e. The fraction of sp³-hybridized carbons (Fsp3) is 0.500. The first kappa shape index (κ1) is 7.85. The molecule has 0 aromatic heterocycles. The maximum absolute atomic E-state index is 2.41. The summed E-state index contributed by atoms with van der Waals surface area (Å²) in [6.07, 6.45) is 14.5. The predicted molar refractivity (Wildman–Crippen MR) is 52.9 cm³/mol. The monoisotopic (exact) mass is 160 g/mol. The highest BCUT2D eigenvalue weighted by Gasteiger charge is 2.16. The van der Waals surface area contributed by atoms with Gasteiger partial charge in [0.15, 0.2) is 0 Å². The van der Waals surface area contributed by atoms with Crippen molar-refractivity contribution in [2.75, 3.05) is 0 Å². The fourth-order valence-corrected chi connectivity index (χ4v) is 2.05. The van der Waals surface area contributed by atoms with Gasteiger partial charge >= 0.3 is 0 Å². The van der Waals surface area contributed by atoms with Gasteiger partial charge in [0.2, 0.25) is 0 Å². The van der Waals surface area contributed by atoms with Gasteiger partial charge in [0.25, 0.3) is 0 Å². The molecule has 0 aliphatic heterocycles. The highest BCUT2D eigenvalue weighted by Crippen LogP contribution is 2.32. The summed E-state index contributed by atoms with van der Waals surface area (Å²) in [4.78, 5) is 0. The molecule has 0 amide bonds. The molecule has 0 N–H and O–H groups in total. The molecular formula is C12H16. The van der Waals surface area contributed by atoms with Crippen LogP contribution in [0.1, 0.15) is 32.6 Å². The Labute approximate surface area is 74.7 Å².